The molecule has 3 heteroatoms. The zero-order valence-electron chi connectivity index (χ0n) is 5.26. The lowest BCUT2D eigenvalue weighted by atomic mass is 10.2. The Kier molecular flexibility index (Phi) is 4.82. The molecule has 0 unspecified atom stereocenters. The minimum Gasteiger partial charge on any atom is -0.289 e. The Hall–Kier alpha value is -0.830. The van der Waals surface area contributed by atoms with Gasteiger partial charge in [0.15, 0.2) is 0 Å². The fourth-order valence-corrected chi connectivity index (χ4v) is 0.463. The number of rotatable bonds is 4. The van der Waals surface area contributed by atoms with Crippen LogP contribution in [0.2, 0.25) is 0 Å². The van der Waals surface area contributed by atoms with Crippen molar-refractivity contribution in [2.45, 2.75) is 19.3 Å². The van der Waals surface area contributed by atoms with Crippen LogP contribution in [0.5, 0.6) is 0 Å². The van der Waals surface area contributed by atoms with Crippen molar-refractivity contribution in [2.24, 2.45) is 0 Å². The lowest BCUT2D eigenvalue weighted by molar-refractivity contribution is -0.129. The van der Waals surface area contributed by atoms with Crippen LogP contribution in [0.4, 0.5) is 0 Å². The van der Waals surface area contributed by atoms with Crippen molar-refractivity contribution < 1.29 is 10.0 Å². The van der Waals surface area contributed by atoms with Crippen molar-refractivity contribution in [1.29, 1.82) is 0 Å². The van der Waals surface area contributed by atoms with E-state index in [1.807, 2.05) is 0 Å². The number of hydrogen-bond acceptors (Lipinski definition) is 2. The van der Waals surface area contributed by atoms with E-state index in [1.54, 1.807) is 11.6 Å². The largest absolute Gasteiger partial charge is 0.289 e. The van der Waals surface area contributed by atoms with Gasteiger partial charge in [0.05, 0.1) is 0 Å². The Morgan fingerprint density at radius 3 is 2.89 bits per heavy atom. The Labute approximate surface area is 54.3 Å². The summed E-state index contributed by atoms with van der Waals surface area (Å²) in [7, 11) is 0. The molecule has 0 fully saturated rings. The van der Waals surface area contributed by atoms with Gasteiger partial charge < -0.3 is 0 Å². The van der Waals surface area contributed by atoms with E-state index in [0.29, 0.717) is 6.42 Å². The predicted molar refractivity (Wildman–Crippen MR) is 34.0 cm³/mol. The molecule has 0 saturated carbocycles. The number of hydrogen-bond donors (Lipinski definition) is 2. The minimum absolute atomic E-state index is 0.336. The average Bonchev–Trinajstić information content (AvgIpc) is 1.89. The SMILES string of the molecule is C=CCCCC(=O)NO. The monoisotopic (exact) mass is 129 g/mol. The summed E-state index contributed by atoms with van der Waals surface area (Å²) in [5.41, 5.74) is 1.55. The van der Waals surface area contributed by atoms with Gasteiger partial charge in [-0.1, -0.05) is 6.08 Å². The second-order valence-corrected chi connectivity index (χ2v) is 1.72. The van der Waals surface area contributed by atoms with Gasteiger partial charge in [0.2, 0.25) is 5.91 Å². The van der Waals surface area contributed by atoms with E-state index in [4.69, 9.17) is 5.21 Å². The summed E-state index contributed by atoms with van der Waals surface area (Å²) in [5, 5.41) is 8.01. The topological polar surface area (TPSA) is 49.3 Å². The normalized spacial score (nSPS) is 8.56. The molecular weight excluding hydrogens is 118 g/mol. The maximum absolute atomic E-state index is 10.3. The fraction of sp³-hybridized carbons (Fsp3) is 0.500. The summed E-state index contributed by atoms with van der Waals surface area (Å²) in [4.78, 5) is 10.3. The van der Waals surface area contributed by atoms with Gasteiger partial charge in [-0.25, -0.2) is 5.48 Å². The summed E-state index contributed by atoms with van der Waals surface area (Å²) < 4.78 is 0. The van der Waals surface area contributed by atoms with E-state index in [2.05, 4.69) is 6.58 Å². The van der Waals surface area contributed by atoms with Crippen molar-refractivity contribution in [2.75, 3.05) is 0 Å². The third kappa shape index (κ3) is 5.03. The molecule has 0 saturated heterocycles. The molecule has 0 aromatic heterocycles. The average molecular weight is 129 g/mol. The zero-order chi connectivity index (χ0) is 7.11. The molecule has 0 aliphatic rings. The summed E-state index contributed by atoms with van der Waals surface area (Å²) >= 11 is 0. The zero-order valence-corrected chi connectivity index (χ0v) is 5.26. The number of allylic oxidation sites excluding steroid dienone is 1. The highest BCUT2D eigenvalue weighted by Gasteiger charge is 1.94. The summed E-state index contributed by atoms with van der Waals surface area (Å²) in [6, 6.07) is 0. The molecule has 0 heterocycles. The molecular formula is C6H11NO2. The third-order valence-electron chi connectivity index (χ3n) is 0.937. The van der Waals surface area contributed by atoms with E-state index in [-0.39, 0.29) is 5.91 Å². The molecule has 2 N–H and O–H groups in total. The number of nitrogens with one attached hydrogen (secondary N) is 1. The first-order chi connectivity index (χ1) is 4.31. The van der Waals surface area contributed by atoms with E-state index in [9.17, 15) is 4.79 Å². The van der Waals surface area contributed by atoms with E-state index >= 15 is 0 Å². The van der Waals surface area contributed by atoms with Gasteiger partial charge >= 0.3 is 0 Å². The molecule has 9 heavy (non-hydrogen) atoms. The van der Waals surface area contributed by atoms with E-state index < -0.39 is 0 Å². The molecule has 0 aromatic rings. The maximum Gasteiger partial charge on any atom is 0.243 e. The highest BCUT2D eigenvalue weighted by molar-refractivity contribution is 5.74. The van der Waals surface area contributed by atoms with Crippen molar-refractivity contribution in [3.63, 3.8) is 0 Å². The first kappa shape index (κ1) is 8.17. The Bertz CT molecular complexity index is 101. The molecule has 0 aromatic carbocycles. The standard InChI is InChI=1S/C6H11NO2/c1-2-3-4-5-6(8)7-9/h2,9H,1,3-5H2,(H,7,8). The molecule has 0 bridgehead atoms. The highest BCUT2D eigenvalue weighted by atomic mass is 16.5. The summed E-state index contributed by atoms with van der Waals surface area (Å²) in [5.74, 6) is -0.336. The smallest absolute Gasteiger partial charge is 0.243 e. The quantitative estimate of drug-likeness (QED) is 0.256. The Balaban J connectivity index is 3.06. The molecule has 0 spiro atoms. The van der Waals surface area contributed by atoms with Crippen LogP contribution in [-0.4, -0.2) is 11.1 Å². The Morgan fingerprint density at radius 1 is 1.78 bits per heavy atom. The number of hydroxylamine groups is 1. The van der Waals surface area contributed by atoms with Crippen molar-refractivity contribution >= 4 is 5.91 Å². The van der Waals surface area contributed by atoms with Gasteiger partial charge in [-0.2, -0.15) is 0 Å². The lowest BCUT2D eigenvalue weighted by Gasteiger charge is -1.93. The lowest BCUT2D eigenvalue weighted by Crippen LogP contribution is -2.17. The third-order valence-corrected chi connectivity index (χ3v) is 0.937. The number of amides is 1. The molecule has 0 rings (SSSR count). The minimum atomic E-state index is -0.336. The van der Waals surface area contributed by atoms with Crippen LogP contribution < -0.4 is 5.48 Å². The molecule has 0 aliphatic heterocycles. The number of unbranched alkanes of at least 4 members (excludes halogenated alkanes) is 1. The summed E-state index contributed by atoms with van der Waals surface area (Å²) in [6.45, 7) is 3.49. The molecule has 0 atom stereocenters. The fourth-order valence-electron chi connectivity index (χ4n) is 0.463. The second-order valence-electron chi connectivity index (χ2n) is 1.72. The van der Waals surface area contributed by atoms with Crippen LogP contribution in [0, 0.1) is 0 Å². The van der Waals surface area contributed by atoms with Crippen LogP contribution in [0.15, 0.2) is 12.7 Å². The van der Waals surface area contributed by atoms with E-state index in [0.717, 1.165) is 12.8 Å². The number of carbonyl (C=O) groups excluding carboxylic acids is 1. The van der Waals surface area contributed by atoms with Crippen LogP contribution >= 0.6 is 0 Å². The van der Waals surface area contributed by atoms with E-state index in [1.165, 1.54) is 0 Å². The molecule has 0 radical (unpaired) electrons. The van der Waals surface area contributed by atoms with Crippen molar-refractivity contribution in [3.8, 4) is 0 Å². The molecule has 1 amide bonds. The van der Waals surface area contributed by atoms with Crippen molar-refractivity contribution in [1.82, 2.24) is 5.48 Å². The van der Waals surface area contributed by atoms with Gasteiger partial charge in [-0.05, 0) is 12.8 Å². The van der Waals surface area contributed by atoms with Crippen LogP contribution in [0.25, 0.3) is 0 Å². The van der Waals surface area contributed by atoms with Gasteiger partial charge in [0, 0.05) is 6.42 Å². The van der Waals surface area contributed by atoms with Gasteiger partial charge in [-0.3, -0.25) is 10.0 Å². The first-order valence-electron chi connectivity index (χ1n) is 2.85. The van der Waals surface area contributed by atoms with Gasteiger partial charge in [0.1, 0.15) is 0 Å². The molecule has 3 nitrogen and oxygen atoms in total. The maximum atomic E-state index is 10.3. The van der Waals surface area contributed by atoms with Crippen LogP contribution in [0.1, 0.15) is 19.3 Å². The van der Waals surface area contributed by atoms with Gasteiger partial charge in [-0.15, -0.1) is 6.58 Å². The highest BCUT2D eigenvalue weighted by Crippen LogP contribution is 1.93. The second kappa shape index (κ2) is 5.31. The first-order valence-corrected chi connectivity index (χ1v) is 2.85. The molecule has 0 aliphatic carbocycles. The van der Waals surface area contributed by atoms with Crippen LogP contribution in [0.3, 0.4) is 0 Å². The van der Waals surface area contributed by atoms with Gasteiger partial charge in [0.25, 0.3) is 0 Å². The number of carbonyl (C=O) groups is 1. The van der Waals surface area contributed by atoms with Crippen LogP contribution in [-0.2, 0) is 4.79 Å². The molecule has 52 valence electrons. The van der Waals surface area contributed by atoms with Crippen molar-refractivity contribution in [3.05, 3.63) is 12.7 Å². The Morgan fingerprint density at radius 2 is 2.44 bits per heavy atom. The predicted octanol–water partition coefficient (Wildman–Crippen LogP) is 0.848. The summed E-state index contributed by atoms with van der Waals surface area (Å²) in [6.07, 6.45) is 3.66.